The summed E-state index contributed by atoms with van der Waals surface area (Å²) in [4.78, 5) is 30.5. The van der Waals surface area contributed by atoms with Crippen LogP contribution < -0.4 is 5.56 Å². The molecule has 0 aromatic carbocycles. The van der Waals surface area contributed by atoms with Crippen molar-refractivity contribution < 1.29 is 9.63 Å². The molecule has 5 nitrogen and oxygen atoms in total. The van der Waals surface area contributed by atoms with Gasteiger partial charge in [-0.2, -0.15) is 0 Å². The van der Waals surface area contributed by atoms with Crippen LogP contribution in [0.2, 0.25) is 0 Å². The van der Waals surface area contributed by atoms with Gasteiger partial charge >= 0.3 is 0 Å². The topological polar surface area (TPSA) is 62.4 Å². The van der Waals surface area contributed by atoms with E-state index in [1.165, 1.54) is 11.1 Å². The molecule has 1 aliphatic heterocycles. The first kappa shape index (κ1) is 9.92. The molecule has 2 heterocycles. The predicted octanol–water partition coefficient (Wildman–Crippen LogP) is 0.542. The quantitative estimate of drug-likeness (QED) is 0.732. The summed E-state index contributed by atoms with van der Waals surface area (Å²) >= 11 is 0. The summed E-state index contributed by atoms with van der Waals surface area (Å²) in [5.74, 6) is -0.285. The zero-order valence-corrected chi connectivity index (χ0v) is 8.23. The number of hydrogen-bond donors (Lipinski definition) is 1. The molecule has 0 spiro atoms. The lowest BCUT2D eigenvalue weighted by Gasteiger charge is -2.25. The van der Waals surface area contributed by atoms with Crippen molar-refractivity contribution >= 4 is 5.91 Å². The number of hydroxylamine groups is 2. The highest BCUT2D eigenvalue weighted by molar-refractivity contribution is 5.91. The van der Waals surface area contributed by atoms with Crippen LogP contribution >= 0.6 is 0 Å². The zero-order chi connectivity index (χ0) is 10.7. The first-order valence-corrected chi connectivity index (χ1v) is 4.91. The summed E-state index contributed by atoms with van der Waals surface area (Å²) in [6, 6.07) is 4.49. The molecule has 1 aliphatic rings. The summed E-state index contributed by atoms with van der Waals surface area (Å²) in [6.45, 7) is 1.14. The van der Waals surface area contributed by atoms with Crippen LogP contribution in [0.3, 0.4) is 0 Å². The van der Waals surface area contributed by atoms with E-state index < -0.39 is 0 Å². The van der Waals surface area contributed by atoms with Crippen LogP contribution in [-0.2, 0) is 4.84 Å². The molecule has 15 heavy (non-hydrogen) atoms. The molecule has 0 atom stereocenters. The second-order valence-electron chi connectivity index (χ2n) is 3.38. The highest BCUT2D eigenvalue weighted by Gasteiger charge is 2.19. The SMILES string of the molecule is O=C(c1cccc(=O)[nH]1)N1CCCCO1. The number of rotatable bonds is 1. The van der Waals surface area contributed by atoms with Crippen molar-refractivity contribution in [3.8, 4) is 0 Å². The number of carbonyl (C=O) groups is 1. The number of hydrogen-bond acceptors (Lipinski definition) is 3. The summed E-state index contributed by atoms with van der Waals surface area (Å²) < 4.78 is 0. The smallest absolute Gasteiger partial charge is 0.293 e. The Morgan fingerprint density at radius 1 is 1.40 bits per heavy atom. The molecule has 0 unspecified atom stereocenters. The molecule has 1 N–H and O–H groups in total. The number of carbonyl (C=O) groups excluding carboxylic acids is 1. The van der Waals surface area contributed by atoms with Crippen molar-refractivity contribution in [3.05, 3.63) is 34.2 Å². The lowest BCUT2D eigenvalue weighted by Crippen LogP contribution is -2.36. The Morgan fingerprint density at radius 3 is 2.93 bits per heavy atom. The largest absolute Gasteiger partial charge is 0.318 e. The van der Waals surface area contributed by atoms with E-state index in [1.54, 1.807) is 12.1 Å². The van der Waals surface area contributed by atoms with E-state index in [9.17, 15) is 9.59 Å². The van der Waals surface area contributed by atoms with Crippen LogP contribution in [0.5, 0.6) is 0 Å². The molecule has 5 heteroatoms. The molecule has 0 saturated carbocycles. The number of aromatic amines is 1. The normalized spacial score (nSPS) is 16.4. The van der Waals surface area contributed by atoms with Crippen molar-refractivity contribution in [2.75, 3.05) is 13.2 Å². The highest BCUT2D eigenvalue weighted by atomic mass is 16.7. The van der Waals surface area contributed by atoms with Gasteiger partial charge in [0.15, 0.2) is 0 Å². The molecule has 1 amide bonds. The molecule has 1 fully saturated rings. The average molecular weight is 208 g/mol. The molecule has 0 aliphatic carbocycles. The van der Waals surface area contributed by atoms with Gasteiger partial charge in [-0.1, -0.05) is 6.07 Å². The van der Waals surface area contributed by atoms with E-state index >= 15 is 0 Å². The molecular weight excluding hydrogens is 196 g/mol. The van der Waals surface area contributed by atoms with Crippen molar-refractivity contribution in [1.29, 1.82) is 0 Å². The van der Waals surface area contributed by atoms with Crippen LogP contribution in [0.4, 0.5) is 0 Å². The van der Waals surface area contributed by atoms with Crippen molar-refractivity contribution in [2.45, 2.75) is 12.8 Å². The lowest BCUT2D eigenvalue weighted by molar-refractivity contribution is -0.144. The van der Waals surface area contributed by atoms with Gasteiger partial charge in [0.25, 0.3) is 5.91 Å². The number of H-pyrrole nitrogens is 1. The van der Waals surface area contributed by atoms with Gasteiger partial charge in [-0.25, -0.2) is 5.06 Å². The number of amides is 1. The maximum atomic E-state index is 11.8. The Hall–Kier alpha value is -1.62. The van der Waals surface area contributed by atoms with Crippen LogP contribution in [-0.4, -0.2) is 29.1 Å². The third-order valence-corrected chi connectivity index (χ3v) is 2.23. The monoisotopic (exact) mass is 208 g/mol. The summed E-state index contributed by atoms with van der Waals surface area (Å²) in [6.07, 6.45) is 1.90. The van der Waals surface area contributed by atoms with Crippen LogP contribution in [0, 0.1) is 0 Å². The maximum absolute atomic E-state index is 11.8. The second kappa shape index (κ2) is 4.27. The minimum atomic E-state index is -0.285. The average Bonchev–Trinajstić information content (AvgIpc) is 2.29. The first-order chi connectivity index (χ1) is 7.27. The lowest BCUT2D eigenvalue weighted by atomic mass is 10.2. The minimum Gasteiger partial charge on any atom is -0.318 e. The van der Waals surface area contributed by atoms with Gasteiger partial charge in [-0.05, 0) is 18.9 Å². The fourth-order valence-corrected chi connectivity index (χ4v) is 1.46. The molecular formula is C10H12N2O3. The van der Waals surface area contributed by atoms with Crippen molar-refractivity contribution in [2.24, 2.45) is 0 Å². The molecule has 1 aromatic heterocycles. The van der Waals surface area contributed by atoms with E-state index in [4.69, 9.17) is 4.84 Å². The van der Waals surface area contributed by atoms with E-state index in [0.29, 0.717) is 13.2 Å². The predicted molar refractivity (Wildman–Crippen MR) is 53.3 cm³/mol. The minimum absolute atomic E-state index is 0.268. The maximum Gasteiger partial charge on any atom is 0.293 e. The van der Waals surface area contributed by atoms with Gasteiger partial charge in [0, 0.05) is 12.6 Å². The number of pyridine rings is 1. The van der Waals surface area contributed by atoms with Crippen molar-refractivity contribution in [3.63, 3.8) is 0 Å². The van der Waals surface area contributed by atoms with Gasteiger partial charge in [0.2, 0.25) is 5.56 Å². The van der Waals surface area contributed by atoms with Crippen LogP contribution in [0.25, 0.3) is 0 Å². The fourth-order valence-electron chi connectivity index (χ4n) is 1.46. The third kappa shape index (κ3) is 2.24. The van der Waals surface area contributed by atoms with Crippen LogP contribution in [0.1, 0.15) is 23.3 Å². The second-order valence-corrected chi connectivity index (χ2v) is 3.38. The molecule has 0 bridgehead atoms. The Labute approximate surface area is 86.6 Å². The summed E-state index contributed by atoms with van der Waals surface area (Å²) in [5.41, 5.74) is -0.0118. The van der Waals surface area contributed by atoms with E-state index in [0.717, 1.165) is 12.8 Å². The van der Waals surface area contributed by atoms with E-state index in [2.05, 4.69) is 4.98 Å². The Morgan fingerprint density at radius 2 is 2.27 bits per heavy atom. The molecule has 0 radical (unpaired) electrons. The summed E-state index contributed by atoms with van der Waals surface area (Å²) in [7, 11) is 0. The Kier molecular flexibility index (Phi) is 2.82. The molecule has 1 aromatic rings. The van der Waals surface area contributed by atoms with Gasteiger partial charge in [0.05, 0.1) is 6.61 Å². The fraction of sp³-hybridized carbons (Fsp3) is 0.400. The van der Waals surface area contributed by atoms with E-state index in [-0.39, 0.29) is 17.2 Å². The zero-order valence-electron chi connectivity index (χ0n) is 8.23. The molecule has 80 valence electrons. The molecule has 1 saturated heterocycles. The highest BCUT2D eigenvalue weighted by Crippen LogP contribution is 2.08. The third-order valence-electron chi connectivity index (χ3n) is 2.23. The summed E-state index contributed by atoms with van der Waals surface area (Å²) in [5, 5.41) is 1.30. The standard InChI is InChI=1S/C10H12N2O3/c13-9-5-3-4-8(11-9)10(14)12-6-1-2-7-15-12/h3-5H,1-2,6-7H2,(H,11,13). The number of nitrogens with one attached hydrogen (secondary N) is 1. The van der Waals surface area contributed by atoms with Gasteiger partial charge in [-0.3, -0.25) is 14.4 Å². The van der Waals surface area contributed by atoms with Gasteiger partial charge in [-0.15, -0.1) is 0 Å². The van der Waals surface area contributed by atoms with Gasteiger partial charge < -0.3 is 4.98 Å². The van der Waals surface area contributed by atoms with Crippen molar-refractivity contribution in [1.82, 2.24) is 10.0 Å². The molecule has 2 rings (SSSR count). The van der Waals surface area contributed by atoms with Gasteiger partial charge in [0.1, 0.15) is 5.69 Å². The number of aromatic nitrogens is 1. The Bertz CT molecular complexity index is 407. The number of nitrogens with zero attached hydrogens (tertiary/aromatic N) is 1. The first-order valence-electron chi connectivity index (χ1n) is 4.91. The Balaban J connectivity index is 2.16. The van der Waals surface area contributed by atoms with Crippen LogP contribution in [0.15, 0.2) is 23.0 Å². The van der Waals surface area contributed by atoms with E-state index in [1.807, 2.05) is 0 Å².